The van der Waals surface area contributed by atoms with Crippen LogP contribution in [0.25, 0.3) is 0 Å². The molecule has 1 unspecified atom stereocenters. The second-order valence-corrected chi connectivity index (χ2v) is 1.06. The molecule has 0 amide bonds. The lowest BCUT2D eigenvalue weighted by Crippen LogP contribution is -2.07. The molecule has 0 fully saturated rings. The number of aliphatic hydroxyl groups excluding tert-OH is 2. The van der Waals surface area contributed by atoms with E-state index >= 15 is 0 Å². The fraction of sp³-hybridized carbons (Fsp3) is 0.600. The average Bonchev–Trinajstić information content (AvgIpc) is 1.68. The van der Waals surface area contributed by atoms with Crippen LogP contribution >= 0.6 is 0 Å². The third kappa shape index (κ3) is 3.47. The Morgan fingerprint density at radius 1 is 1.75 bits per heavy atom. The first-order valence-corrected chi connectivity index (χ1v) is 2.25. The molecule has 0 heterocycles. The summed E-state index contributed by atoms with van der Waals surface area (Å²) >= 11 is 0. The quantitative estimate of drug-likeness (QED) is 0.384. The highest BCUT2D eigenvalue weighted by Crippen LogP contribution is 1.80. The van der Waals surface area contributed by atoms with E-state index in [4.69, 9.17) is 10.2 Å². The second kappa shape index (κ2) is 4.44. The van der Waals surface area contributed by atoms with Gasteiger partial charge < -0.3 is 14.9 Å². The summed E-state index contributed by atoms with van der Waals surface area (Å²) in [7, 11) is 0. The van der Waals surface area contributed by atoms with Crippen molar-refractivity contribution in [2.45, 2.75) is 13.2 Å². The van der Waals surface area contributed by atoms with Crippen LogP contribution in [0.4, 0.5) is 0 Å². The lowest BCUT2D eigenvalue weighted by molar-refractivity contribution is -0.0519. The minimum Gasteiger partial charge on any atom is -0.462 e. The van der Waals surface area contributed by atoms with Gasteiger partial charge in [-0.05, 0) is 6.92 Å². The maximum atomic E-state index is 8.49. The minimum atomic E-state index is -1.15. The molecule has 0 spiro atoms. The summed E-state index contributed by atoms with van der Waals surface area (Å²) in [4.78, 5) is 0. The van der Waals surface area contributed by atoms with Crippen molar-refractivity contribution < 1.29 is 14.9 Å². The first-order valence-electron chi connectivity index (χ1n) is 2.25. The number of ether oxygens (including phenoxy) is 1. The standard InChI is InChI=1S/C5H8O3/c1-2-8-5(7)3-4-6/h5-7H,2H2,1H3. The molecule has 0 aliphatic carbocycles. The lowest BCUT2D eigenvalue weighted by atomic mass is 10.6. The minimum absolute atomic E-state index is 0.385. The van der Waals surface area contributed by atoms with Gasteiger partial charge in [-0.2, -0.15) is 0 Å². The highest BCUT2D eigenvalue weighted by Gasteiger charge is 1.92. The van der Waals surface area contributed by atoms with Crippen molar-refractivity contribution in [2.75, 3.05) is 6.61 Å². The molecular weight excluding hydrogens is 108 g/mol. The molecule has 0 radical (unpaired) electrons. The van der Waals surface area contributed by atoms with Gasteiger partial charge in [-0.1, -0.05) is 0 Å². The topological polar surface area (TPSA) is 49.7 Å². The van der Waals surface area contributed by atoms with Crippen LogP contribution in [-0.2, 0) is 4.74 Å². The van der Waals surface area contributed by atoms with E-state index in [0.717, 1.165) is 0 Å². The van der Waals surface area contributed by atoms with Gasteiger partial charge in [-0.15, -0.1) is 0 Å². The molecule has 0 aromatic carbocycles. The molecule has 8 heavy (non-hydrogen) atoms. The van der Waals surface area contributed by atoms with Crippen LogP contribution in [0, 0.1) is 12.0 Å². The Bertz CT molecular complexity index is 100.0. The molecular formula is C5H8O3. The SMILES string of the molecule is CCOC(O)C#CO. The van der Waals surface area contributed by atoms with E-state index in [0.29, 0.717) is 6.61 Å². The second-order valence-electron chi connectivity index (χ2n) is 1.06. The van der Waals surface area contributed by atoms with Crippen molar-refractivity contribution in [3.05, 3.63) is 0 Å². The van der Waals surface area contributed by atoms with E-state index in [1.165, 1.54) is 6.11 Å². The summed E-state index contributed by atoms with van der Waals surface area (Å²) in [5, 5.41) is 16.4. The molecule has 0 bridgehead atoms. The third-order valence-electron chi connectivity index (χ3n) is 0.513. The van der Waals surface area contributed by atoms with Gasteiger partial charge >= 0.3 is 0 Å². The third-order valence-corrected chi connectivity index (χ3v) is 0.513. The summed E-state index contributed by atoms with van der Waals surface area (Å²) in [6.07, 6.45) is 0.379. The molecule has 0 saturated heterocycles. The van der Waals surface area contributed by atoms with Crippen LogP contribution in [0.1, 0.15) is 6.92 Å². The van der Waals surface area contributed by atoms with Gasteiger partial charge in [0.1, 0.15) is 6.11 Å². The molecule has 0 aromatic heterocycles. The fourth-order valence-corrected chi connectivity index (χ4v) is 0.255. The van der Waals surface area contributed by atoms with Crippen LogP contribution in [0.5, 0.6) is 0 Å². The van der Waals surface area contributed by atoms with Gasteiger partial charge in [-0.3, -0.25) is 0 Å². The zero-order valence-corrected chi connectivity index (χ0v) is 4.59. The Balaban J connectivity index is 3.27. The maximum Gasteiger partial charge on any atom is 0.223 e. The molecule has 0 saturated carbocycles. The fourth-order valence-electron chi connectivity index (χ4n) is 0.255. The monoisotopic (exact) mass is 116 g/mol. The zero-order chi connectivity index (χ0) is 6.41. The van der Waals surface area contributed by atoms with Gasteiger partial charge in [0.05, 0.1) is 0 Å². The maximum absolute atomic E-state index is 8.49. The van der Waals surface area contributed by atoms with Crippen LogP contribution in [0.15, 0.2) is 0 Å². The van der Waals surface area contributed by atoms with Gasteiger partial charge in [0.15, 0.2) is 0 Å². The van der Waals surface area contributed by atoms with Crippen LogP contribution in [0.2, 0.25) is 0 Å². The van der Waals surface area contributed by atoms with E-state index in [2.05, 4.69) is 4.74 Å². The number of aliphatic hydroxyl groups is 2. The van der Waals surface area contributed by atoms with Gasteiger partial charge in [0, 0.05) is 12.5 Å². The highest BCUT2D eigenvalue weighted by atomic mass is 16.6. The molecule has 46 valence electrons. The Labute approximate surface area is 47.9 Å². The Hall–Kier alpha value is -0.720. The number of rotatable bonds is 2. The molecule has 2 N–H and O–H groups in total. The van der Waals surface area contributed by atoms with Gasteiger partial charge in [0.2, 0.25) is 6.29 Å². The summed E-state index contributed by atoms with van der Waals surface area (Å²) in [5.74, 6) is 1.99. The van der Waals surface area contributed by atoms with Crippen LogP contribution in [-0.4, -0.2) is 23.1 Å². The van der Waals surface area contributed by atoms with E-state index < -0.39 is 6.29 Å². The smallest absolute Gasteiger partial charge is 0.223 e. The molecule has 0 aliphatic rings. The summed E-state index contributed by atoms with van der Waals surface area (Å²) in [6.45, 7) is 2.11. The average molecular weight is 116 g/mol. The molecule has 3 heteroatoms. The Kier molecular flexibility index (Phi) is 4.04. The van der Waals surface area contributed by atoms with Gasteiger partial charge in [-0.25, -0.2) is 0 Å². The summed E-state index contributed by atoms with van der Waals surface area (Å²) in [5.41, 5.74) is 0. The predicted octanol–water partition coefficient (Wildman–Crippen LogP) is -0.325. The summed E-state index contributed by atoms with van der Waals surface area (Å²) in [6, 6.07) is 0. The van der Waals surface area contributed by atoms with Crippen molar-refractivity contribution in [1.29, 1.82) is 0 Å². The van der Waals surface area contributed by atoms with Crippen LogP contribution < -0.4 is 0 Å². The zero-order valence-electron chi connectivity index (χ0n) is 4.59. The normalized spacial score (nSPS) is 11.8. The van der Waals surface area contributed by atoms with E-state index in [9.17, 15) is 0 Å². The molecule has 1 atom stereocenters. The Morgan fingerprint density at radius 3 is 2.75 bits per heavy atom. The van der Waals surface area contributed by atoms with Crippen molar-refractivity contribution in [1.82, 2.24) is 0 Å². The molecule has 3 nitrogen and oxygen atoms in total. The van der Waals surface area contributed by atoms with Crippen molar-refractivity contribution in [3.8, 4) is 12.0 Å². The van der Waals surface area contributed by atoms with Crippen molar-refractivity contribution in [2.24, 2.45) is 0 Å². The van der Waals surface area contributed by atoms with Gasteiger partial charge in [0.25, 0.3) is 0 Å². The van der Waals surface area contributed by atoms with Crippen molar-refractivity contribution >= 4 is 0 Å². The molecule has 0 rings (SSSR count). The van der Waals surface area contributed by atoms with E-state index in [1.807, 2.05) is 5.92 Å². The van der Waals surface area contributed by atoms with E-state index in [-0.39, 0.29) is 0 Å². The van der Waals surface area contributed by atoms with Crippen LogP contribution in [0.3, 0.4) is 0 Å². The lowest BCUT2D eigenvalue weighted by Gasteiger charge is -1.98. The van der Waals surface area contributed by atoms with Crippen molar-refractivity contribution in [3.63, 3.8) is 0 Å². The largest absolute Gasteiger partial charge is 0.462 e. The first kappa shape index (κ1) is 7.28. The molecule has 0 aliphatic heterocycles. The highest BCUT2D eigenvalue weighted by molar-refractivity contribution is 4.92. The molecule has 0 aromatic rings. The Morgan fingerprint density at radius 2 is 2.38 bits per heavy atom. The predicted molar refractivity (Wildman–Crippen MR) is 27.3 cm³/mol. The first-order chi connectivity index (χ1) is 3.81. The number of hydrogen-bond donors (Lipinski definition) is 2. The van der Waals surface area contributed by atoms with E-state index in [1.54, 1.807) is 6.92 Å². The summed E-state index contributed by atoms with van der Waals surface area (Å²) < 4.78 is 4.50. The number of hydrogen-bond acceptors (Lipinski definition) is 3.